The van der Waals surface area contributed by atoms with Crippen LogP contribution in [0.4, 0.5) is 13.2 Å². The minimum absolute atomic E-state index is 0.0420. The van der Waals surface area contributed by atoms with Gasteiger partial charge >= 0.3 is 6.18 Å². The summed E-state index contributed by atoms with van der Waals surface area (Å²) in [5.41, 5.74) is 1.68. The molecule has 7 heteroatoms. The third kappa shape index (κ3) is 4.59. The first-order valence-electron chi connectivity index (χ1n) is 7.74. The Morgan fingerprint density at radius 3 is 2.42 bits per heavy atom. The molecule has 0 aliphatic carbocycles. The normalized spacial score (nSPS) is 11.5. The summed E-state index contributed by atoms with van der Waals surface area (Å²) in [6.45, 7) is 4.74. The van der Waals surface area contributed by atoms with Gasteiger partial charge in [-0.2, -0.15) is 13.2 Å². The molecule has 2 rings (SSSR count). The zero-order valence-corrected chi connectivity index (χ0v) is 13.7. The van der Waals surface area contributed by atoms with E-state index in [2.05, 4.69) is 9.97 Å². The number of carbonyl (C=O) groups is 1. The zero-order valence-electron chi connectivity index (χ0n) is 13.7. The van der Waals surface area contributed by atoms with Crippen molar-refractivity contribution in [3.8, 4) is 0 Å². The Balaban J connectivity index is 1.93. The average Bonchev–Trinajstić information content (AvgIpc) is 2.92. The molecule has 0 aliphatic rings. The number of amides is 1. The number of imidazole rings is 1. The van der Waals surface area contributed by atoms with Crippen molar-refractivity contribution in [1.82, 2.24) is 14.9 Å². The molecule has 1 N–H and O–H groups in total. The number of nitrogens with one attached hydrogen (secondary N) is 1. The van der Waals surface area contributed by atoms with Gasteiger partial charge in [0.1, 0.15) is 0 Å². The molecule has 1 aromatic carbocycles. The number of hydrogen-bond donors (Lipinski definition) is 1. The van der Waals surface area contributed by atoms with Crippen LogP contribution in [0, 0.1) is 6.92 Å². The number of rotatable bonds is 6. The van der Waals surface area contributed by atoms with Gasteiger partial charge in [-0.1, -0.05) is 12.1 Å². The Hall–Kier alpha value is -2.31. The number of likely N-dealkylation sites (N-methyl/N-ethyl adjacent to an activating group) is 1. The van der Waals surface area contributed by atoms with E-state index in [-0.39, 0.29) is 12.3 Å². The molecule has 24 heavy (non-hydrogen) atoms. The second-order valence-corrected chi connectivity index (χ2v) is 5.57. The highest BCUT2D eigenvalue weighted by molar-refractivity contribution is 5.78. The molecule has 0 bridgehead atoms. The number of aryl methyl sites for hydroxylation is 1. The molecule has 2 aromatic rings. The third-order valence-electron chi connectivity index (χ3n) is 3.94. The van der Waals surface area contributed by atoms with Gasteiger partial charge in [-0.25, -0.2) is 4.98 Å². The minimum atomic E-state index is -4.33. The van der Waals surface area contributed by atoms with Crippen LogP contribution in [-0.4, -0.2) is 33.9 Å². The van der Waals surface area contributed by atoms with Gasteiger partial charge < -0.3 is 9.88 Å². The van der Waals surface area contributed by atoms with Crippen molar-refractivity contribution in [3.63, 3.8) is 0 Å². The van der Waals surface area contributed by atoms with Crippen LogP contribution in [0.1, 0.15) is 29.4 Å². The van der Waals surface area contributed by atoms with Gasteiger partial charge in [0.2, 0.25) is 5.91 Å². The van der Waals surface area contributed by atoms with Gasteiger partial charge in [0.15, 0.2) is 0 Å². The lowest BCUT2D eigenvalue weighted by molar-refractivity contribution is -0.137. The number of aromatic amines is 1. The quantitative estimate of drug-likeness (QED) is 0.877. The van der Waals surface area contributed by atoms with E-state index in [4.69, 9.17) is 0 Å². The standard InChI is InChI=1S/C17H20F3N3O/c1-3-23(16(24)10-15-12(2)21-11-22-15)9-8-13-4-6-14(7-5-13)17(18,19)20/h4-7,11H,3,8-10H2,1-2H3,(H,21,22). The predicted molar refractivity (Wildman–Crippen MR) is 84.4 cm³/mol. The Morgan fingerprint density at radius 2 is 1.92 bits per heavy atom. The Bertz CT molecular complexity index is 677. The molecule has 1 aromatic heterocycles. The first kappa shape index (κ1) is 18.0. The van der Waals surface area contributed by atoms with Crippen LogP contribution in [0.25, 0.3) is 0 Å². The number of hydrogen-bond acceptors (Lipinski definition) is 2. The Morgan fingerprint density at radius 1 is 1.25 bits per heavy atom. The van der Waals surface area contributed by atoms with E-state index >= 15 is 0 Å². The lowest BCUT2D eigenvalue weighted by Gasteiger charge is -2.21. The fourth-order valence-corrected chi connectivity index (χ4v) is 2.40. The summed E-state index contributed by atoms with van der Waals surface area (Å²) in [4.78, 5) is 21.1. The molecule has 1 amide bonds. The van der Waals surface area contributed by atoms with Crippen molar-refractivity contribution in [2.75, 3.05) is 13.1 Å². The van der Waals surface area contributed by atoms with Crippen molar-refractivity contribution in [2.24, 2.45) is 0 Å². The van der Waals surface area contributed by atoms with E-state index < -0.39 is 11.7 Å². The molecule has 4 nitrogen and oxygen atoms in total. The van der Waals surface area contributed by atoms with E-state index in [9.17, 15) is 18.0 Å². The molecule has 1 heterocycles. The molecule has 0 saturated heterocycles. The van der Waals surface area contributed by atoms with Crippen LogP contribution in [0.3, 0.4) is 0 Å². The van der Waals surface area contributed by atoms with Crippen LogP contribution >= 0.6 is 0 Å². The summed E-state index contributed by atoms with van der Waals surface area (Å²) in [6, 6.07) is 5.05. The molecule has 0 spiro atoms. The summed E-state index contributed by atoms with van der Waals surface area (Å²) >= 11 is 0. The predicted octanol–water partition coefficient (Wildman–Crippen LogP) is 3.37. The molecule has 0 fully saturated rings. The van der Waals surface area contributed by atoms with Crippen molar-refractivity contribution in [2.45, 2.75) is 32.9 Å². The second kappa shape index (κ2) is 7.51. The fourth-order valence-electron chi connectivity index (χ4n) is 2.40. The van der Waals surface area contributed by atoms with Crippen LogP contribution in [0.15, 0.2) is 30.6 Å². The summed E-state index contributed by atoms with van der Waals surface area (Å²) in [6.07, 6.45) is -2.05. The highest BCUT2D eigenvalue weighted by Crippen LogP contribution is 2.29. The first-order chi connectivity index (χ1) is 11.3. The smallest absolute Gasteiger partial charge is 0.348 e. The van der Waals surface area contributed by atoms with Crippen LogP contribution in [0.5, 0.6) is 0 Å². The number of carbonyl (C=O) groups excluding carboxylic acids is 1. The first-order valence-corrected chi connectivity index (χ1v) is 7.74. The molecule has 0 saturated carbocycles. The molecule has 0 atom stereocenters. The SMILES string of the molecule is CCN(CCc1ccc(C(F)(F)F)cc1)C(=O)Cc1nc[nH]c1C. The van der Waals surface area contributed by atoms with Crippen LogP contribution in [-0.2, 0) is 23.8 Å². The van der Waals surface area contributed by atoms with Gasteiger partial charge in [-0.05, 0) is 38.0 Å². The minimum Gasteiger partial charge on any atom is -0.348 e. The maximum atomic E-state index is 12.5. The van der Waals surface area contributed by atoms with E-state index in [1.54, 1.807) is 11.2 Å². The number of nitrogens with zero attached hydrogens (tertiary/aromatic N) is 2. The summed E-state index contributed by atoms with van der Waals surface area (Å²) in [7, 11) is 0. The monoisotopic (exact) mass is 339 g/mol. The van der Waals surface area contributed by atoms with E-state index in [1.807, 2.05) is 13.8 Å². The molecule has 0 unspecified atom stereocenters. The number of alkyl halides is 3. The van der Waals surface area contributed by atoms with Gasteiger partial charge in [0.05, 0.1) is 24.0 Å². The summed E-state index contributed by atoms with van der Waals surface area (Å²) in [5, 5.41) is 0. The van der Waals surface area contributed by atoms with Crippen LogP contribution in [0.2, 0.25) is 0 Å². The molecular formula is C17H20F3N3O. The van der Waals surface area contributed by atoms with Gasteiger partial charge in [0.25, 0.3) is 0 Å². The van der Waals surface area contributed by atoms with Gasteiger partial charge in [-0.3, -0.25) is 4.79 Å². The molecule has 130 valence electrons. The Labute approximate surface area is 138 Å². The Kier molecular flexibility index (Phi) is 5.64. The van der Waals surface area contributed by atoms with E-state index in [1.165, 1.54) is 12.1 Å². The van der Waals surface area contributed by atoms with Crippen LogP contribution < -0.4 is 0 Å². The second-order valence-electron chi connectivity index (χ2n) is 5.57. The largest absolute Gasteiger partial charge is 0.416 e. The number of aromatic nitrogens is 2. The zero-order chi connectivity index (χ0) is 17.7. The topological polar surface area (TPSA) is 49.0 Å². The maximum Gasteiger partial charge on any atom is 0.416 e. The average molecular weight is 339 g/mol. The molecular weight excluding hydrogens is 319 g/mol. The lowest BCUT2D eigenvalue weighted by atomic mass is 10.1. The highest BCUT2D eigenvalue weighted by atomic mass is 19.4. The summed E-state index contributed by atoms with van der Waals surface area (Å²) in [5.74, 6) is -0.0420. The number of benzene rings is 1. The fraction of sp³-hybridized carbons (Fsp3) is 0.412. The van der Waals surface area contributed by atoms with E-state index in [0.717, 1.165) is 23.4 Å². The van der Waals surface area contributed by atoms with Crippen molar-refractivity contribution >= 4 is 5.91 Å². The molecule has 0 radical (unpaired) electrons. The lowest BCUT2D eigenvalue weighted by Crippen LogP contribution is -2.34. The third-order valence-corrected chi connectivity index (χ3v) is 3.94. The van der Waals surface area contributed by atoms with Crippen molar-refractivity contribution < 1.29 is 18.0 Å². The van der Waals surface area contributed by atoms with Gasteiger partial charge in [0, 0.05) is 18.8 Å². The summed E-state index contributed by atoms with van der Waals surface area (Å²) < 4.78 is 37.6. The highest BCUT2D eigenvalue weighted by Gasteiger charge is 2.29. The number of H-pyrrole nitrogens is 1. The van der Waals surface area contributed by atoms with Crippen molar-refractivity contribution in [1.29, 1.82) is 0 Å². The number of halogens is 3. The van der Waals surface area contributed by atoms with E-state index in [0.29, 0.717) is 25.2 Å². The van der Waals surface area contributed by atoms with Crippen molar-refractivity contribution in [3.05, 3.63) is 53.1 Å². The molecule has 0 aliphatic heterocycles. The van der Waals surface area contributed by atoms with Gasteiger partial charge in [-0.15, -0.1) is 0 Å². The maximum absolute atomic E-state index is 12.5.